The summed E-state index contributed by atoms with van der Waals surface area (Å²) in [6, 6.07) is 33.4. The van der Waals surface area contributed by atoms with Crippen molar-refractivity contribution in [2.75, 3.05) is 26.4 Å². The van der Waals surface area contributed by atoms with Gasteiger partial charge in [-0.05, 0) is 71.3 Å². The van der Waals surface area contributed by atoms with Crippen LogP contribution in [-0.4, -0.2) is 38.5 Å². The lowest BCUT2D eigenvalue weighted by atomic mass is 9.93. The Kier molecular flexibility index (Phi) is 10.2. The molecule has 0 heterocycles. The maximum atomic E-state index is 12.2. The lowest BCUT2D eigenvalue weighted by Crippen LogP contribution is -2.28. The van der Waals surface area contributed by atoms with Crippen molar-refractivity contribution in [1.29, 1.82) is 0 Å². The molecule has 5 rings (SSSR count). The molecule has 216 valence electrons. The first-order valence-electron chi connectivity index (χ1n) is 14.7. The van der Waals surface area contributed by atoms with Gasteiger partial charge in [0.1, 0.15) is 18.5 Å². The summed E-state index contributed by atoms with van der Waals surface area (Å²) in [6.45, 7) is 5.29. The van der Waals surface area contributed by atoms with Gasteiger partial charge in [-0.25, -0.2) is 4.79 Å². The molecule has 4 aromatic rings. The van der Waals surface area contributed by atoms with E-state index in [-0.39, 0.29) is 12.1 Å². The molecule has 4 aromatic carbocycles. The summed E-state index contributed by atoms with van der Waals surface area (Å²) in [6.07, 6.45) is 4.87. The molecule has 0 amide bonds. The fourth-order valence-electron chi connectivity index (χ4n) is 5.28. The fourth-order valence-corrected chi connectivity index (χ4v) is 5.28. The highest BCUT2D eigenvalue weighted by molar-refractivity contribution is 5.76. The molecule has 0 bridgehead atoms. The molecule has 0 radical (unpaired) electrons. The smallest absolute Gasteiger partial charge is 0.335 e. The average Bonchev–Trinajstić information content (AvgIpc) is 3.17. The van der Waals surface area contributed by atoms with Crippen molar-refractivity contribution in [2.45, 2.75) is 38.9 Å². The molecule has 0 aliphatic heterocycles. The first kappa shape index (κ1) is 29.3. The van der Waals surface area contributed by atoms with E-state index < -0.39 is 6.10 Å². The van der Waals surface area contributed by atoms with Crippen LogP contribution in [0.5, 0.6) is 5.75 Å². The van der Waals surface area contributed by atoms with Crippen LogP contribution in [0.3, 0.4) is 0 Å². The first-order valence-corrected chi connectivity index (χ1v) is 14.7. The van der Waals surface area contributed by atoms with Crippen LogP contribution in [0.25, 0.3) is 12.2 Å². The zero-order valence-corrected chi connectivity index (χ0v) is 24.3. The number of hydrogen-bond donors (Lipinski definition) is 0. The lowest BCUT2D eigenvalue weighted by Gasteiger charge is -2.22. The molecule has 5 nitrogen and oxygen atoms in total. The zero-order valence-electron chi connectivity index (χ0n) is 24.3. The van der Waals surface area contributed by atoms with Gasteiger partial charge in [0.15, 0.2) is 6.10 Å². The van der Waals surface area contributed by atoms with E-state index in [4.69, 9.17) is 18.9 Å². The SMILES string of the molecule is CCOC(=O)C(Cc1ccc(OCCOC2c3ccccc3C=Cc3ccc(Cc4ccccc4)cc32)cc1)OCC. The standard InChI is InChI=1S/C37H38O5/c1-3-39-35(37(38)40-4-2)26-28-15-20-32(21-16-28)41-22-23-42-36-33-13-9-8-12-30(33)18-19-31-17-14-29(25-34(31)36)24-27-10-6-5-7-11-27/h5-21,25,35-36H,3-4,22-24,26H2,1-2H3. The average molecular weight is 563 g/mol. The molecule has 5 heteroatoms. The second-order valence-corrected chi connectivity index (χ2v) is 10.2. The van der Waals surface area contributed by atoms with Gasteiger partial charge in [-0.15, -0.1) is 0 Å². The highest BCUT2D eigenvalue weighted by Gasteiger charge is 2.23. The molecule has 1 aliphatic carbocycles. The van der Waals surface area contributed by atoms with Gasteiger partial charge in [0.05, 0.1) is 13.2 Å². The van der Waals surface area contributed by atoms with Crippen molar-refractivity contribution in [2.24, 2.45) is 0 Å². The maximum Gasteiger partial charge on any atom is 0.335 e. The normalized spacial score (nSPS) is 14.4. The second kappa shape index (κ2) is 14.6. The van der Waals surface area contributed by atoms with Crippen LogP contribution in [0.2, 0.25) is 0 Å². The van der Waals surface area contributed by atoms with E-state index in [9.17, 15) is 4.79 Å². The molecule has 2 unspecified atom stereocenters. The number of carbonyl (C=O) groups is 1. The van der Waals surface area contributed by atoms with Crippen LogP contribution in [0.15, 0.2) is 97.1 Å². The Morgan fingerprint density at radius 2 is 1.43 bits per heavy atom. The van der Waals surface area contributed by atoms with Gasteiger partial charge < -0.3 is 18.9 Å². The van der Waals surface area contributed by atoms with Gasteiger partial charge in [-0.1, -0.05) is 97.1 Å². The minimum absolute atomic E-state index is 0.203. The highest BCUT2D eigenvalue weighted by Crippen LogP contribution is 2.36. The van der Waals surface area contributed by atoms with Crippen molar-refractivity contribution < 1.29 is 23.7 Å². The topological polar surface area (TPSA) is 54.0 Å². The van der Waals surface area contributed by atoms with Gasteiger partial charge in [0, 0.05) is 13.0 Å². The van der Waals surface area contributed by atoms with E-state index in [0.717, 1.165) is 34.4 Å². The Labute approximate surface area is 248 Å². The third-order valence-electron chi connectivity index (χ3n) is 7.30. The molecule has 2 atom stereocenters. The monoisotopic (exact) mass is 562 g/mol. The summed E-state index contributed by atoms with van der Waals surface area (Å²) in [5.74, 6) is 0.417. The molecule has 0 spiro atoms. The third-order valence-corrected chi connectivity index (χ3v) is 7.30. The molecule has 42 heavy (non-hydrogen) atoms. The van der Waals surface area contributed by atoms with Crippen LogP contribution in [0, 0.1) is 0 Å². The predicted octanol–water partition coefficient (Wildman–Crippen LogP) is 7.46. The quantitative estimate of drug-likeness (QED) is 0.125. The Morgan fingerprint density at radius 1 is 0.714 bits per heavy atom. The highest BCUT2D eigenvalue weighted by atomic mass is 16.6. The molecule has 0 N–H and O–H groups in total. The molecule has 0 aromatic heterocycles. The number of esters is 1. The largest absolute Gasteiger partial charge is 0.491 e. The van der Waals surface area contributed by atoms with Gasteiger partial charge in [-0.3, -0.25) is 0 Å². The second-order valence-electron chi connectivity index (χ2n) is 10.2. The molecule has 0 saturated heterocycles. The molecular weight excluding hydrogens is 524 g/mol. The van der Waals surface area contributed by atoms with E-state index in [2.05, 4.69) is 78.9 Å². The van der Waals surface area contributed by atoms with Gasteiger partial charge in [0.2, 0.25) is 0 Å². The van der Waals surface area contributed by atoms with Crippen molar-refractivity contribution in [1.82, 2.24) is 0 Å². The van der Waals surface area contributed by atoms with Crippen LogP contribution < -0.4 is 4.74 Å². The number of fused-ring (bicyclic) bond motifs is 2. The van der Waals surface area contributed by atoms with Crippen molar-refractivity contribution >= 4 is 18.1 Å². The van der Waals surface area contributed by atoms with Gasteiger partial charge in [-0.2, -0.15) is 0 Å². The number of ether oxygens (including phenoxy) is 4. The van der Waals surface area contributed by atoms with Crippen molar-refractivity contribution in [3.63, 3.8) is 0 Å². The number of carbonyl (C=O) groups excluding carboxylic acids is 1. The van der Waals surface area contributed by atoms with E-state index >= 15 is 0 Å². The molecule has 1 aliphatic rings. The zero-order chi connectivity index (χ0) is 29.1. The Morgan fingerprint density at radius 3 is 2.19 bits per heavy atom. The summed E-state index contributed by atoms with van der Waals surface area (Å²) in [5, 5.41) is 0. The fraction of sp³-hybridized carbons (Fsp3) is 0.270. The van der Waals surface area contributed by atoms with E-state index in [1.165, 1.54) is 16.7 Å². The lowest BCUT2D eigenvalue weighted by molar-refractivity contribution is -0.156. The number of hydrogen-bond acceptors (Lipinski definition) is 5. The molecular formula is C37H38O5. The Bertz CT molecular complexity index is 1480. The molecule has 0 saturated carbocycles. The van der Waals surface area contributed by atoms with E-state index in [1.807, 2.05) is 37.3 Å². The maximum absolute atomic E-state index is 12.2. The predicted molar refractivity (Wildman–Crippen MR) is 167 cm³/mol. The van der Waals surface area contributed by atoms with Crippen LogP contribution in [-0.2, 0) is 31.8 Å². The van der Waals surface area contributed by atoms with Crippen LogP contribution in [0.1, 0.15) is 58.9 Å². The Balaban J connectivity index is 1.24. The summed E-state index contributed by atoms with van der Waals surface area (Å²) in [7, 11) is 0. The minimum Gasteiger partial charge on any atom is -0.491 e. The van der Waals surface area contributed by atoms with E-state index in [0.29, 0.717) is 32.8 Å². The van der Waals surface area contributed by atoms with Crippen LogP contribution in [0.4, 0.5) is 0 Å². The minimum atomic E-state index is -0.608. The number of benzene rings is 4. The first-order chi connectivity index (χ1) is 20.6. The van der Waals surface area contributed by atoms with Gasteiger partial charge >= 0.3 is 5.97 Å². The summed E-state index contributed by atoms with van der Waals surface area (Å²) >= 11 is 0. The summed E-state index contributed by atoms with van der Waals surface area (Å²) < 4.78 is 23.3. The number of rotatable bonds is 13. The summed E-state index contributed by atoms with van der Waals surface area (Å²) in [4.78, 5) is 12.2. The van der Waals surface area contributed by atoms with Crippen molar-refractivity contribution in [3.05, 3.63) is 136 Å². The van der Waals surface area contributed by atoms with Gasteiger partial charge in [0.25, 0.3) is 0 Å². The Hall–Kier alpha value is -4.19. The van der Waals surface area contributed by atoms with Crippen molar-refractivity contribution in [3.8, 4) is 5.75 Å². The van der Waals surface area contributed by atoms with E-state index in [1.54, 1.807) is 6.92 Å². The third kappa shape index (κ3) is 7.55. The molecule has 0 fully saturated rings. The summed E-state index contributed by atoms with van der Waals surface area (Å²) in [5.41, 5.74) is 8.17. The van der Waals surface area contributed by atoms with Crippen LogP contribution >= 0.6 is 0 Å².